The Morgan fingerprint density at radius 1 is 1.19 bits per heavy atom. The average Bonchev–Trinajstić information content (AvgIpc) is 3.25. The number of fused-ring (bicyclic) bond motifs is 1. The molecule has 200 valence electrons. The van der Waals surface area contributed by atoms with Crippen molar-refractivity contribution in [1.82, 2.24) is 14.4 Å². The molecule has 1 aromatic heterocycles. The Hall–Kier alpha value is -2.36. The molecule has 2 aliphatic heterocycles. The zero-order valence-electron chi connectivity index (χ0n) is 21.4. The molecule has 0 aromatic carbocycles. The summed E-state index contributed by atoms with van der Waals surface area (Å²) in [7, 11) is 0. The first-order valence-electron chi connectivity index (χ1n) is 12.8. The van der Waals surface area contributed by atoms with E-state index in [4.69, 9.17) is 4.74 Å². The third kappa shape index (κ3) is 4.80. The minimum absolute atomic E-state index is 0.0940. The van der Waals surface area contributed by atoms with E-state index in [1.54, 1.807) is 15.5 Å². The van der Waals surface area contributed by atoms with Gasteiger partial charge in [-0.05, 0) is 50.2 Å². The van der Waals surface area contributed by atoms with Gasteiger partial charge in [-0.1, -0.05) is 20.8 Å². The zero-order valence-corrected chi connectivity index (χ0v) is 21.4. The van der Waals surface area contributed by atoms with Crippen LogP contribution < -0.4 is 5.56 Å². The molecule has 0 bridgehead atoms. The number of halogens is 3. The van der Waals surface area contributed by atoms with E-state index in [1.165, 1.54) is 0 Å². The Balaban J connectivity index is 1.62. The van der Waals surface area contributed by atoms with Crippen LogP contribution in [0.25, 0.3) is 0 Å². The lowest BCUT2D eigenvalue weighted by atomic mass is 9.74. The van der Waals surface area contributed by atoms with E-state index in [2.05, 4.69) is 0 Å². The Morgan fingerprint density at radius 2 is 1.92 bits per heavy atom. The molecule has 4 rings (SSSR count). The van der Waals surface area contributed by atoms with E-state index in [1.807, 2.05) is 33.8 Å². The lowest BCUT2D eigenvalue weighted by Crippen LogP contribution is -2.56. The van der Waals surface area contributed by atoms with Crippen LogP contribution >= 0.6 is 0 Å². The van der Waals surface area contributed by atoms with Gasteiger partial charge >= 0.3 is 12.1 Å². The second kappa shape index (κ2) is 9.84. The fourth-order valence-electron chi connectivity index (χ4n) is 6.43. The van der Waals surface area contributed by atoms with Gasteiger partial charge in [0.1, 0.15) is 0 Å². The number of carbonyl (C=O) groups excluding carboxylic acids is 2. The van der Waals surface area contributed by atoms with Gasteiger partial charge < -0.3 is 19.1 Å². The van der Waals surface area contributed by atoms with Crippen LogP contribution in [0.5, 0.6) is 0 Å². The van der Waals surface area contributed by atoms with Gasteiger partial charge in [-0.15, -0.1) is 0 Å². The number of rotatable bonds is 4. The molecule has 10 heteroatoms. The minimum atomic E-state index is -4.98. The summed E-state index contributed by atoms with van der Waals surface area (Å²) < 4.78 is 48.2. The normalized spacial score (nSPS) is 28.8. The maximum atomic E-state index is 14.0. The van der Waals surface area contributed by atoms with Gasteiger partial charge in [0.2, 0.25) is 5.91 Å². The predicted molar refractivity (Wildman–Crippen MR) is 127 cm³/mol. The summed E-state index contributed by atoms with van der Waals surface area (Å²) in [6.07, 6.45) is -3.66. The highest BCUT2D eigenvalue weighted by atomic mass is 19.4. The highest BCUT2D eigenvalue weighted by molar-refractivity contribution is 5.85. The number of aryl methyl sites for hydroxylation is 1. The van der Waals surface area contributed by atoms with E-state index in [9.17, 15) is 27.6 Å². The molecule has 0 radical (unpaired) electrons. The second-order valence-corrected chi connectivity index (χ2v) is 11.1. The highest BCUT2D eigenvalue weighted by Crippen LogP contribution is 2.49. The molecule has 36 heavy (non-hydrogen) atoms. The van der Waals surface area contributed by atoms with E-state index in [-0.39, 0.29) is 36.3 Å². The number of carbonyl (C=O) groups is 2. The average molecular weight is 512 g/mol. The van der Waals surface area contributed by atoms with Crippen LogP contribution in [0.1, 0.15) is 57.7 Å². The first-order chi connectivity index (χ1) is 16.8. The largest absolute Gasteiger partial charge is 0.471 e. The number of ether oxygens (including phenoxy) is 1. The third-order valence-electron chi connectivity index (χ3n) is 8.47. The molecule has 2 amide bonds. The van der Waals surface area contributed by atoms with Crippen LogP contribution in [0.2, 0.25) is 0 Å². The smallest absolute Gasteiger partial charge is 0.381 e. The number of nitrogens with zero attached hydrogens (tertiary/aromatic N) is 3. The summed E-state index contributed by atoms with van der Waals surface area (Å²) in [6.45, 7) is 9.17. The molecule has 2 unspecified atom stereocenters. The molecule has 1 saturated carbocycles. The van der Waals surface area contributed by atoms with E-state index in [0.717, 1.165) is 16.2 Å². The number of amides is 2. The molecule has 3 aliphatic rings. The van der Waals surface area contributed by atoms with Crippen LogP contribution in [-0.2, 0) is 27.4 Å². The molecule has 1 aliphatic carbocycles. The van der Waals surface area contributed by atoms with Crippen LogP contribution in [0.15, 0.2) is 16.9 Å². The number of aromatic nitrogens is 1. The molecule has 7 nitrogen and oxygen atoms in total. The van der Waals surface area contributed by atoms with Gasteiger partial charge in [0.15, 0.2) is 0 Å². The number of hydrogen-bond acceptors (Lipinski definition) is 4. The van der Waals surface area contributed by atoms with Gasteiger partial charge in [-0.25, -0.2) is 0 Å². The molecule has 4 atom stereocenters. The zero-order chi connectivity index (χ0) is 26.4. The van der Waals surface area contributed by atoms with Crippen LogP contribution in [0.3, 0.4) is 0 Å². The highest BCUT2D eigenvalue weighted by Gasteiger charge is 2.55. The molecule has 1 aromatic rings. The van der Waals surface area contributed by atoms with Gasteiger partial charge in [-0.2, -0.15) is 13.2 Å². The lowest BCUT2D eigenvalue weighted by molar-refractivity contribution is -0.194. The molecule has 3 heterocycles. The Bertz CT molecular complexity index is 1070. The SMILES string of the molecule is Cc1cc2n(c(=O)c1)CCN(C(=O)[C@@]1(C(C)C)CC[C@@H](N(C(=O)C(F)(F)F)C3CCOCC3C)C1)C2. The maximum Gasteiger partial charge on any atom is 0.471 e. The van der Waals surface area contributed by atoms with Crippen molar-refractivity contribution in [3.05, 3.63) is 33.7 Å². The molecular formula is C26H36F3N3O4. The fourth-order valence-corrected chi connectivity index (χ4v) is 6.43. The standard InChI is InChI=1S/C26H36F3N3O4/c1-16(2)25(23(34)30-8-9-31-20(14-30)11-17(3)12-22(31)33)7-5-19(13-25)32(24(35)26(27,28)29)21-6-10-36-15-18(21)4/h11-12,16,18-19,21H,5-10,13-15H2,1-4H3/t18?,19-,21?,25+/m1/s1. The first kappa shape index (κ1) is 26.7. The lowest BCUT2D eigenvalue weighted by Gasteiger charge is -2.44. The van der Waals surface area contributed by atoms with Crippen molar-refractivity contribution in [2.45, 2.75) is 84.7 Å². The summed E-state index contributed by atoms with van der Waals surface area (Å²) in [5.74, 6) is -2.26. The van der Waals surface area contributed by atoms with Crippen molar-refractivity contribution in [2.75, 3.05) is 19.8 Å². The van der Waals surface area contributed by atoms with Crippen molar-refractivity contribution >= 4 is 11.8 Å². The predicted octanol–water partition coefficient (Wildman–Crippen LogP) is 3.51. The van der Waals surface area contributed by atoms with Gasteiger partial charge in [0, 0.05) is 49.5 Å². The van der Waals surface area contributed by atoms with Crippen molar-refractivity contribution in [2.24, 2.45) is 17.3 Å². The van der Waals surface area contributed by atoms with Crippen LogP contribution in [-0.4, -0.2) is 64.2 Å². The maximum absolute atomic E-state index is 14.0. The Kier molecular flexibility index (Phi) is 7.29. The molecule has 0 N–H and O–H groups in total. The third-order valence-corrected chi connectivity index (χ3v) is 8.47. The van der Waals surface area contributed by atoms with Crippen molar-refractivity contribution < 1.29 is 27.5 Å². The van der Waals surface area contributed by atoms with Crippen molar-refractivity contribution in [1.29, 1.82) is 0 Å². The van der Waals surface area contributed by atoms with Crippen molar-refractivity contribution in [3.8, 4) is 0 Å². The summed E-state index contributed by atoms with van der Waals surface area (Å²) >= 11 is 0. The minimum Gasteiger partial charge on any atom is -0.381 e. The molecule has 1 saturated heterocycles. The van der Waals surface area contributed by atoms with Crippen LogP contribution in [0, 0.1) is 24.2 Å². The Morgan fingerprint density at radius 3 is 2.56 bits per heavy atom. The molecular weight excluding hydrogens is 475 g/mol. The van der Waals surface area contributed by atoms with E-state index < -0.39 is 29.6 Å². The molecule has 2 fully saturated rings. The van der Waals surface area contributed by atoms with Crippen LogP contribution in [0.4, 0.5) is 13.2 Å². The summed E-state index contributed by atoms with van der Waals surface area (Å²) in [4.78, 5) is 41.8. The summed E-state index contributed by atoms with van der Waals surface area (Å²) in [5, 5.41) is 0. The van der Waals surface area contributed by atoms with Gasteiger partial charge in [-0.3, -0.25) is 14.4 Å². The monoisotopic (exact) mass is 511 g/mol. The molecule has 0 spiro atoms. The fraction of sp³-hybridized carbons (Fsp3) is 0.731. The Labute approximate surface area is 209 Å². The van der Waals surface area contributed by atoms with E-state index >= 15 is 0 Å². The number of hydrogen-bond donors (Lipinski definition) is 0. The van der Waals surface area contributed by atoms with E-state index in [0.29, 0.717) is 45.6 Å². The number of pyridine rings is 1. The second-order valence-electron chi connectivity index (χ2n) is 11.1. The first-order valence-corrected chi connectivity index (χ1v) is 12.8. The topological polar surface area (TPSA) is 71.9 Å². The summed E-state index contributed by atoms with van der Waals surface area (Å²) in [5.41, 5.74) is 0.628. The van der Waals surface area contributed by atoms with Gasteiger partial charge in [0.05, 0.1) is 18.6 Å². The van der Waals surface area contributed by atoms with Crippen molar-refractivity contribution in [3.63, 3.8) is 0 Å². The summed E-state index contributed by atoms with van der Waals surface area (Å²) in [6, 6.07) is 2.23. The van der Waals surface area contributed by atoms with Gasteiger partial charge in [0.25, 0.3) is 5.56 Å². The number of alkyl halides is 3. The quantitative estimate of drug-likeness (QED) is 0.620.